The van der Waals surface area contributed by atoms with Crippen LogP contribution in [0.4, 0.5) is 4.79 Å². The molecule has 0 bridgehead atoms. The molecule has 136 valence electrons. The Balaban J connectivity index is 1.61. The lowest BCUT2D eigenvalue weighted by molar-refractivity contribution is 0.00304. The molecule has 0 N–H and O–H groups in total. The highest BCUT2D eigenvalue weighted by Gasteiger charge is 2.48. The highest BCUT2D eigenvalue weighted by Crippen LogP contribution is 2.35. The van der Waals surface area contributed by atoms with Gasteiger partial charge >= 0.3 is 6.09 Å². The first-order valence-corrected chi connectivity index (χ1v) is 9.01. The highest BCUT2D eigenvalue weighted by molar-refractivity contribution is 5.93. The van der Waals surface area contributed by atoms with Gasteiger partial charge in [0, 0.05) is 44.4 Å². The van der Waals surface area contributed by atoms with Gasteiger partial charge in [-0.2, -0.15) is 0 Å². The van der Waals surface area contributed by atoms with Gasteiger partial charge in [-0.25, -0.2) is 14.8 Å². The Bertz CT molecular complexity index is 638. The molecule has 7 nitrogen and oxygen atoms in total. The molecule has 2 fully saturated rings. The van der Waals surface area contributed by atoms with Crippen molar-refractivity contribution in [3.05, 3.63) is 23.8 Å². The second kappa shape index (κ2) is 6.98. The zero-order chi connectivity index (χ0) is 18.0. The molecule has 3 heterocycles. The summed E-state index contributed by atoms with van der Waals surface area (Å²) in [5, 5.41) is 0. The zero-order valence-electron chi connectivity index (χ0n) is 15.2. The molecule has 2 aliphatic heterocycles. The van der Waals surface area contributed by atoms with Crippen LogP contribution in [0.15, 0.2) is 12.4 Å². The zero-order valence-corrected chi connectivity index (χ0v) is 15.2. The Morgan fingerprint density at radius 1 is 1.32 bits per heavy atom. The van der Waals surface area contributed by atoms with Crippen LogP contribution in [0.25, 0.3) is 0 Å². The summed E-state index contributed by atoms with van der Waals surface area (Å²) in [6.45, 7) is 7.76. The second-order valence-electron chi connectivity index (χ2n) is 7.13. The average molecular weight is 346 g/mol. The predicted octanol–water partition coefficient (Wildman–Crippen LogP) is 2.40. The van der Waals surface area contributed by atoms with E-state index in [0.29, 0.717) is 43.9 Å². The van der Waals surface area contributed by atoms with Crippen molar-refractivity contribution in [2.45, 2.75) is 58.1 Å². The van der Waals surface area contributed by atoms with Gasteiger partial charge in [0.2, 0.25) is 0 Å². The van der Waals surface area contributed by atoms with Crippen molar-refractivity contribution in [3.8, 4) is 0 Å². The van der Waals surface area contributed by atoms with Gasteiger partial charge < -0.3 is 14.5 Å². The molecule has 3 rings (SSSR count). The van der Waals surface area contributed by atoms with Gasteiger partial charge in [-0.15, -0.1) is 0 Å². The number of hydrogen-bond acceptors (Lipinski definition) is 5. The third-order valence-electron chi connectivity index (χ3n) is 5.23. The molecule has 0 saturated carbocycles. The van der Waals surface area contributed by atoms with Crippen molar-refractivity contribution in [1.82, 2.24) is 19.8 Å². The molecule has 2 amide bonds. The van der Waals surface area contributed by atoms with Crippen molar-refractivity contribution >= 4 is 12.0 Å². The number of nitrogens with zero attached hydrogens (tertiary/aromatic N) is 4. The number of hydrogen-bond donors (Lipinski definition) is 0. The predicted molar refractivity (Wildman–Crippen MR) is 92.2 cm³/mol. The lowest BCUT2D eigenvalue weighted by Crippen LogP contribution is -2.49. The van der Waals surface area contributed by atoms with E-state index in [4.69, 9.17) is 4.74 Å². The van der Waals surface area contributed by atoms with Crippen molar-refractivity contribution in [3.63, 3.8) is 0 Å². The molecular weight excluding hydrogens is 320 g/mol. The van der Waals surface area contributed by atoms with Gasteiger partial charge in [-0.1, -0.05) is 13.3 Å². The first-order chi connectivity index (χ1) is 11.9. The lowest BCUT2D eigenvalue weighted by atomic mass is 9.90. The minimum Gasteiger partial charge on any atom is -0.441 e. The van der Waals surface area contributed by atoms with Crippen LogP contribution in [0.2, 0.25) is 0 Å². The number of likely N-dealkylation sites (tertiary alicyclic amines) is 1. The Morgan fingerprint density at radius 3 is 2.56 bits per heavy atom. The Kier molecular flexibility index (Phi) is 4.92. The molecule has 25 heavy (non-hydrogen) atoms. The minimum atomic E-state index is -0.445. The molecule has 2 saturated heterocycles. The van der Waals surface area contributed by atoms with E-state index in [2.05, 4.69) is 23.8 Å². The third kappa shape index (κ3) is 3.60. The van der Waals surface area contributed by atoms with Crippen LogP contribution in [0.5, 0.6) is 0 Å². The summed E-state index contributed by atoms with van der Waals surface area (Å²) in [7, 11) is 0. The van der Waals surface area contributed by atoms with E-state index >= 15 is 0 Å². The van der Waals surface area contributed by atoms with E-state index in [9.17, 15) is 9.59 Å². The number of carbonyl (C=O) groups is 2. The smallest absolute Gasteiger partial charge is 0.410 e. The lowest BCUT2D eigenvalue weighted by Gasteiger charge is -2.37. The summed E-state index contributed by atoms with van der Waals surface area (Å²) in [6, 6.07) is 0.196. The molecule has 7 heteroatoms. The SMILES string of the molecule is CCC[C@H](C)N1CC2(CCN(C(=O)c3cnc(C)nc3)CC2)OC1=O. The number of carbonyl (C=O) groups excluding carboxylic acids is 2. The summed E-state index contributed by atoms with van der Waals surface area (Å²) in [6.07, 6.45) is 6.28. The van der Waals surface area contributed by atoms with Gasteiger partial charge in [0.25, 0.3) is 5.91 Å². The highest BCUT2D eigenvalue weighted by atomic mass is 16.6. The largest absolute Gasteiger partial charge is 0.441 e. The molecule has 0 aromatic carbocycles. The molecular formula is C18H26N4O3. The Morgan fingerprint density at radius 2 is 1.96 bits per heavy atom. The number of rotatable bonds is 4. The van der Waals surface area contributed by atoms with Gasteiger partial charge in [-0.05, 0) is 20.3 Å². The molecule has 1 aromatic heterocycles. The van der Waals surface area contributed by atoms with Crippen molar-refractivity contribution < 1.29 is 14.3 Å². The van der Waals surface area contributed by atoms with Crippen LogP contribution in [0.1, 0.15) is 55.7 Å². The minimum absolute atomic E-state index is 0.0598. The number of aromatic nitrogens is 2. The standard InChI is InChI=1S/C18H26N4O3/c1-4-5-13(2)22-12-18(25-17(22)24)6-8-21(9-7-18)16(23)15-10-19-14(3)20-11-15/h10-11,13H,4-9,12H2,1-3H3/t13-/m0/s1. The molecule has 0 aliphatic carbocycles. The van der Waals surface area contributed by atoms with E-state index in [1.54, 1.807) is 24.2 Å². The second-order valence-corrected chi connectivity index (χ2v) is 7.13. The maximum atomic E-state index is 12.6. The van der Waals surface area contributed by atoms with Gasteiger partial charge in [-0.3, -0.25) is 4.79 Å². The number of piperidine rings is 1. The van der Waals surface area contributed by atoms with Crippen LogP contribution in [0, 0.1) is 6.92 Å². The van der Waals surface area contributed by atoms with Crippen molar-refractivity contribution in [2.24, 2.45) is 0 Å². The van der Waals surface area contributed by atoms with Crippen LogP contribution in [-0.2, 0) is 4.74 Å². The number of ether oxygens (including phenoxy) is 1. The summed E-state index contributed by atoms with van der Waals surface area (Å²) < 4.78 is 5.74. The first kappa shape index (κ1) is 17.6. The average Bonchev–Trinajstić information content (AvgIpc) is 2.92. The summed E-state index contributed by atoms with van der Waals surface area (Å²) >= 11 is 0. The number of aryl methyl sites for hydroxylation is 1. The summed E-state index contributed by atoms with van der Waals surface area (Å²) in [4.78, 5) is 36.6. The van der Waals surface area contributed by atoms with E-state index in [0.717, 1.165) is 12.8 Å². The maximum absolute atomic E-state index is 12.6. The van der Waals surface area contributed by atoms with Gasteiger partial charge in [0.05, 0.1) is 12.1 Å². The van der Waals surface area contributed by atoms with E-state index in [1.165, 1.54) is 0 Å². The first-order valence-electron chi connectivity index (χ1n) is 9.01. The topological polar surface area (TPSA) is 75.6 Å². The summed E-state index contributed by atoms with van der Waals surface area (Å²) in [5.74, 6) is 0.587. The van der Waals surface area contributed by atoms with E-state index < -0.39 is 5.60 Å². The molecule has 0 unspecified atom stereocenters. The fraction of sp³-hybridized carbons (Fsp3) is 0.667. The van der Waals surface area contributed by atoms with Crippen molar-refractivity contribution in [2.75, 3.05) is 19.6 Å². The molecule has 0 radical (unpaired) electrons. The van der Waals surface area contributed by atoms with Crippen LogP contribution >= 0.6 is 0 Å². The molecule has 1 spiro atoms. The van der Waals surface area contributed by atoms with E-state index in [1.807, 2.05) is 4.90 Å². The van der Waals surface area contributed by atoms with E-state index in [-0.39, 0.29) is 18.0 Å². The van der Waals surface area contributed by atoms with Crippen LogP contribution < -0.4 is 0 Å². The fourth-order valence-corrected chi connectivity index (χ4v) is 3.62. The number of amides is 2. The normalized spacial score (nSPS) is 20.7. The van der Waals surface area contributed by atoms with Gasteiger partial charge in [0.15, 0.2) is 0 Å². The summed E-state index contributed by atoms with van der Waals surface area (Å²) in [5.41, 5.74) is 0.0581. The van der Waals surface area contributed by atoms with Crippen LogP contribution in [0.3, 0.4) is 0 Å². The Labute approximate surface area is 148 Å². The van der Waals surface area contributed by atoms with Crippen molar-refractivity contribution in [1.29, 1.82) is 0 Å². The molecule has 1 aromatic rings. The third-order valence-corrected chi connectivity index (χ3v) is 5.23. The van der Waals surface area contributed by atoms with Crippen LogP contribution in [-0.4, -0.2) is 63.0 Å². The quantitative estimate of drug-likeness (QED) is 0.837. The molecule has 2 aliphatic rings. The monoisotopic (exact) mass is 346 g/mol. The maximum Gasteiger partial charge on any atom is 0.410 e. The Hall–Kier alpha value is -2.18. The molecule has 1 atom stereocenters. The van der Waals surface area contributed by atoms with Gasteiger partial charge in [0.1, 0.15) is 11.4 Å². The fourth-order valence-electron chi connectivity index (χ4n) is 3.62.